The van der Waals surface area contributed by atoms with Gasteiger partial charge in [0.15, 0.2) is 5.11 Å². The minimum absolute atomic E-state index is 0.104. The number of rotatable bonds is 2. The molecule has 1 heterocycles. The third kappa shape index (κ3) is 2.69. The van der Waals surface area contributed by atoms with Gasteiger partial charge in [-0.1, -0.05) is 0 Å². The molecule has 0 aromatic carbocycles. The van der Waals surface area contributed by atoms with Crippen LogP contribution < -0.4 is 11.2 Å². The molecule has 0 fully saturated rings. The van der Waals surface area contributed by atoms with Crippen LogP contribution in [0.1, 0.15) is 23.1 Å². The predicted molar refractivity (Wildman–Crippen MR) is 64.7 cm³/mol. The van der Waals surface area contributed by atoms with Gasteiger partial charge in [0.25, 0.3) is 5.91 Å². The zero-order valence-corrected chi connectivity index (χ0v) is 10.3. The number of nitrogens with one attached hydrogen (secondary N) is 1. The first-order valence-electron chi connectivity index (χ1n) is 4.84. The van der Waals surface area contributed by atoms with Crippen molar-refractivity contribution in [1.29, 1.82) is 0 Å². The molecule has 0 spiro atoms. The first kappa shape index (κ1) is 12.4. The maximum Gasteiger partial charge on any atom is 0.288 e. The molecule has 7 heteroatoms. The highest BCUT2D eigenvalue weighted by molar-refractivity contribution is 7.80. The second kappa shape index (κ2) is 4.93. The molecule has 0 radical (unpaired) electrons. The standard InChI is InChI=1S/C9H15N5OS/c1-4-14-7(5-6(2)11-14)8(15)12-13(3)9(10)16/h5H,4H2,1-3H3,(H2,10,16)(H,12,15). The van der Waals surface area contributed by atoms with Crippen molar-refractivity contribution in [3.63, 3.8) is 0 Å². The van der Waals surface area contributed by atoms with Crippen LogP contribution in [0.25, 0.3) is 0 Å². The molecule has 0 aliphatic rings. The fourth-order valence-corrected chi connectivity index (χ4v) is 1.28. The number of thiocarbonyl (C=S) groups is 1. The van der Waals surface area contributed by atoms with E-state index in [4.69, 9.17) is 18.0 Å². The van der Waals surface area contributed by atoms with Crippen LogP contribution in [0.15, 0.2) is 6.07 Å². The van der Waals surface area contributed by atoms with E-state index in [1.165, 1.54) is 5.01 Å². The van der Waals surface area contributed by atoms with Crippen LogP contribution in [0.2, 0.25) is 0 Å². The molecular formula is C9H15N5OS. The Morgan fingerprint density at radius 1 is 1.75 bits per heavy atom. The van der Waals surface area contributed by atoms with Crippen LogP contribution in [-0.4, -0.2) is 32.9 Å². The zero-order valence-electron chi connectivity index (χ0n) is 9.52. The van der Waals surface area contributed by atoms with Gasteiger partial charge in [-0.25, -0.2) is 0 Å². The van der Waals surface area contributed by atoms with Crippen LogP contribution >= 0.6 is 12.2 Å². The quantitative estimate of drug-likeness (QED) is 0.564. The molecule has 0 aliphatic heterocycles. The van der Waals surface area contributed by atoms with E-state index in [0.29, 0.717) is 12.2 Å². The summed E-state index contributed by atoms with van der Waals surface area (Å²) >= 11 is 4.72. The first-order chi connectivity index (χ1) is 7.45. The third-order valence-corrected chi connectivity index (χ3v) is 2.31. The average molecular weight is 241 g/mol. The van der Waals surface area contributed by atoms with E-state index in [-0.39, 0.29) is 11.0 Å². The smallest absolute Gasteiger partial charge is 0.288 e. The lowest BCUT2D eigenvalue weighted by molar-refractivity contribution is 0.0876. The van der Waals surface area contributed by atoms with Gasteiger partial charge >= 0.3 is 0 Å². The molecule has 1 aromatic rings. The van der Waals surface area contributed by atoms with Crippen molar-refractivity contribution in [3.8, 4) is 0 Å². The number of nitrogens with two attached hydrogens (primary N) is 1. The fraction of sp³-hybridized carbons (Fsp3) is 0.444. The van der Waals surface area contributed by atoms with E-state index in [1.807, 2.05) is 13.8 Å². The maximum atomic E-state index is 11.8. The highest BCUT2D eigenvalue weighted by atomic mass is 32.1. The van der Waals surface area contributed by atoms with Crippen LogP contribution in [-0.2, 0) is 6.54 Å². The molecule has 3 N–H and O–H groups in total. The van der Waals surface area contributed by atoms with Crippen molar-refractivity contribution >= 4 is 23.2 Å². The summed E-state index contributed by atoms with van der Waals surface area (Å²) in [6.07, 6.45) is 0. The van der Waals surface area contributed by atoms with Crippen molar-refractivity contribution in [2.45, 2.75) is 20.4 Å². The lowest BCUT2D eigenvalue weighted by Gasteiger charge is -2.17. The maximum absolute atomic E-state index is 11.8. The summed E-state index contributed by atoms with van der Waals surface area (Å²) in [6, 6.07) is 1.71. The second-order valence-electron chi connectivity index (χ2n) is 3.32. The van der Waals surface area contributed by atoms with Crippen molar-refractivity contribution in [1.82, 2.24) is 20.2 Å². The number of hydrazine groups is 1. The summed E-state index contributed by atoms with van der Waals surface area (Å²) in [5, 5.41) is 5.57. The summed E-state index contributed by atoms with van der Waals surface area (Å²) in [4.78, 5) is 11.8. The zero-order chi connectivity index (χ0) is 12.3. The van der Waals surface area contributed by atoms with Crippen LogP contribution in [0, 0.1) is 6.92 Å². The van der Waals surface area contributed by atoms with Gasteiger partial charge in [-0.2, -0.15) is 5.10 Å². The summed E-state index contributed by atoms with van der Waals surface area (Å²) in [7, 11) is 1.58. The largest absolute Gasteiger partial charge is 0.375 e. The Hall–Kier alpha value is -1.63. The minimum atomic E-state index is -0.280. The second-order valence-corrected chi connectivity index (χ2v) is 3.74. The van der Waals surface area contributed by atoms with Crippen molar-refractivity contribution in [3.05, 3.63) is 17.5 Å². The monoisotopic (exact) mass is 241 g/mol. The van der Waals surface area contributed by atoms with E-state index >= 15 is 0 Å². The number of aromatic nitrogens is 2. The Bertz CT molecular complexity index is 414. The molecule has 1 aromatic heterocycles. The highest BCUT2D eigenvalue weighted by Crippen LogP contribution is 2.03. The Balaban J connectivity index is 2.84. The van der Waals surface area contributed by atoms with Crippen molar-refractivity contribution in [2.75, 3.05) is 7.05 Å². The van der Waals surface area contributed by atoms with E-state index < -0.39 is 0 Å². The Labute approximate surface area is 99.4 Å². The van der Waals surface area contributed by atoms with Gasteiger partial charge in [0, 0.05) is 13.6 Å². The predicted octanol–water partition coefficient (Wildman–Crippen LogP) is 0.0316. The molecule has 16 heavy (non-hydrogen) atoms. The fourth-order valence-electron chi connectivity index (χ4n) is 1.23. The topological polar surface area (TPSA) is 76.2 Å². The first-order valence-corrected chi connectivity index (χ1v) is 5.25. The summed E-state index contributed by atoms with van der Waals surface area (Å²) < 4.78 is 1.62. The van der Waals surface area contributed by atoms with Gasteiger partial charge in [0.2, 0.25) is 0 Å². The number of nitrogens with zero attached hydrogens (tertiary/aromatic N) is 3. The average Bonchev–Trinajstić information content (AvgIpc) is 2.59. The van der Waals surface area contributed by atoms with Gasteiger partial charge < -0.3 is 5.73 Å². The molecule has 0 saturated heterocycles. The van der Waals surface area contributed by atoms with Crippen LogP contribution in [0.5, 0.6) is 0 Å². The van der Waals surface area contributed by atoms with Crippen molar-refractivity contribution in [2.24, 2.45) is 5.73 Å². The van der Waals surface area contributed by atoms with Crippen molar-refractivity contribution < 1.29 is 4.79 Å². The number of carbonyl (C=O) groups excluding carboxylic acids is 1. The number of hydrogen-bond acceptors (Lipinski definition) is 3. The van der Waals surface area contributed by atoms with Gasteiger partial charge in [-0.3, -0.25) is 19.9 Å². The Kier molecular flexibility index (Phi) is 3.83. The van der Waals surface area contributed by atoms with Gasteiger partial charge in [-0.05, 0) is 32.1 Å². The molecule has 0 atom stereocenters. The Morgan fingerprint density at radius 2 is 2.38 bits per heavy atom. The van der Waals surface area contributed by atoms with Gasteiger partial charge in [-0.15, -0.1) is 0 Å². The molecule has 0 bridgehead atoms. The van der Waals surface area contributed by atoms with Crippen LogP contribution in [0.3, 0.4) is 0 Å². The molecular weight excluding hydrogens is 226 g/mol. The van der Waals surface area contributed by atoms with Gasteiger partial charge in [0.1, 0.15) is 5.69 Å². The molecule has 0 aliphatic carbocycles. The molecule has 1 amide bonds. The molecule has 0 unspecified atom stereocenters. The summed E-state index contributed by atoms with van der Waals surface area (Å²) in [5.41, 5.74) is 9.19. The SMILES string of the molecule is CCn1nc(C)cc1C(=O)NN(C)C(N)=S. The highest BCUT2D eigenvalue weighted by Gasteiger charge is 2.14. The number of amides is 1. The molecule has 6 nitrogen and oxygen atoms in total. The lowest BCUT2D eigenvalue weighted by atomic mass is 10.3. The van der Waals surface area contributed by atoms with Crippen LogP contribution in [0.4, 0.5) is 0 Å². The molecule has 0 saturated carbocycles. The summed E-state index contributed by atoms with van der Waals surface area (Å²) in [6.45, 7) is 4.38. The van der Waals surface area contributed by atoms with E-state index in [9.17, 15) is 4.79 Å². The van der Waals surface area contributed by atoms with Gasteiger partial charge in [0.05, 0.1) is 5.69 Å². The van der Waals surface area contributed by atoms with E-state index in [0.717, 1.165) is 5.69 Å². The third-order valence-electron chi connectivity index (χ3n) is 2.03. The Morgan fingerprint density at radius 3 is 2.88 bits per heavy atom. The number of aryl methyl sites for hydroxylation is 2. The van der Waals surface area contributed by atoms with E-state index in [2.05, 4.69) is 10.5 Å². The summed E-state index contributed by atoms with van der Waals surface area (Å²) in [5.74, 6) is -0.280. The molecule has 1 rings (SSSR count). The lowest BCUT2D eigenvalue weighted by Crippen LogP contribution is -2.46. The van der Waals surface area contributed by atoms with E-state index in [1.54, 1.807) is 17.8 Å². The molecule has 88 valence electrons. The minimum Gasteiger partial charge on any atom is -0.375 e. The normalized spacial score (nSPS) is 9.94. The number of carbonyl (C=O) groups is 1. The number of hydrogen-bond donors (Lipinski definition) is 2.